The normalized spacial score (nSPS) is 12.4. The van der Waals surface area contributed by atoms with Gasteiger partial charge in [-0.05, 0) is 19.4 Å². The fraction of sp³-hybridized carbons (Fsp3) is 0.727. The molecule has 6 nitrogen and oxygen atoms in total. The van der Waals surface area contributed by atoms with Crippen molar-refractivity contribution in [2.45, 2.75) is 30.1 Å². The van der Waals surface area contributed by atoms with Crippen molar-refractivity contribution in [3.63, 3.8) is 0 Å². The summed E-state index contributed by atoms with van der Waals surface area (Å²) in [7, 11) is 3.87. The van der Waals surface area contributed by atoms with Gasteiger partial charge in [0.05, 0.1) is 6.04 Å². The third-order valence-electron chi connectivity index (χ3n) is 2.39. The minimum Gasteiger partial charge on any atom is -0.368 e. The van der Waals surface area contributed by atoms with Gasteiger partial charge in [0, 0.05) is 19.8 Å². The Morgan fingerprint density at radius 3 is 2.79 bits per heavy atom. The van der Waals surface area contributed by atoms with E-state index in [2.05, 4.69) is 22.4 Å². The highest BCUT2D eigenvalue weighted by Gasteiger charge is 2.14. The number of carbonyl (C=O) groups is 1. The van der Waals surface area contributed by atoms with Crippen molar-refractivity contribution in [3.05, 3.63) is 0 Å². The van der Waals surface area contributed by atoms with E-state index in [-0.39, 0.29) is 11.9 Å². The molecular formula is C11H21N5OS2. The Balaban J connectivity index is 2.36. The molecule has 1 heterocycles. The molecule has 1 atom stereocenters. The number of nitrogens with one attached hydrogen (secondary N) is 1. The first-order valence-corrected chi connectivity index (χ1v) is 8.01. The number of rotatable bonds is 9. The summed E-state index contributed by atoms with van der Waals surface area (Å²) < 4.78 is 0.919. The highest BCUT2D eigenvalue weighted by atomic mass is 32.2. The largest absolute Gasteiger partial charge is 0.368 e. The van der Waals surface area contributed by atoms with E-state index in [1.54, 1.807) is 23.1 Å². The quantitative estimate of drug-likeness (QED) is 0.661. The molecule has 0 aromatic carbocycles. The first-order chi connectivity index (χ1) is 9.04. The number of nitrogens with zero attached hydrogens (tertiary/aromatic N) is 3. The van der Waals surface area contributed by atoms with E-state index in [0.717, 1.165) is 28.2 Å². The van der Waals surface area contributed by atoms with Gasteiger partial charge in [0.2, 0.25) is 11.0 Å². The predicted octanol–water partition coefficient (Wildman–Crippen LogP) is 0.940. The molecule has 0 aliphatic carbocycles. The maximum atomic E-state index is 11.3. The van der Waals surface area contributed by atoms with Crippen LogP contribution in [0.5, 0.6) is 0 Å². The Labute approximate surface area is 122 Å². The molecule has 1 rings (SSSR count). The summed E-state index contributed by atoms with van der Waals surface area (Å²) in [5.41, 5.74) is 5.36. The first kappa shape index (κ1) is 16.2. The summed E-state index contributed by atoms with van der Waals surface area (Å²) in [6.07, 6.45) is 1.69. The number of amides is 1. The van der Waals surface area contributed by atoms with Gasteiger partial charge in [-0.25, -0.2) is 0 Å². The molecule has 0 radical (unpaired) electrons. The van der Waals surface area contributed by atoms with E-state index in [0.29, 0.717) is 6.42 Å². The van der Waals surface area contributed by atoms with E-state index in [1.165, 1.54) is 0 Å². The number of primary amides is 1. The van der Waals surface area contributed by atoms with E-state index in [4.69, 9.17) is 5.73 Å². The van der Waals surface area contributed by atoms with Crippen LogP contribution >= 0.6 is 23.1 Å². The van der Waals surface area contributed by atoms with Crippen molar-refractivity contribution >= 4 is 34.1 Å². The zero-order chi connectivity index (χ0) is 14.3. The lowest BCUT2D eigenvalue weighted by Crippen LogP contribution is -2.41. The molecule has 0 aliphatic rings. The van der Waals surface area contributed by atoms with Gasteiger partial charge in [-0.3, -0.25) is 4.79 Å². The predicted molar refractivity (Wildman–Crippen MR) is 80.9 cm³/mol. The molecule has 3 N–H and O–H groups in total. The lowest BCUT2D eigenvalue weighted by atomic mass is 10.2. The number of nitrogens with two attached hydrogens (primary N) is 1. The lowest BCUT2D eigenvalue weighted by molar-refractivity contribution is -0.120. The van der Waals surface area contributed by atoms with Gasteiger partial charge in [0.25, 0.3) is 0 Å². The molecule has 0 aliphatic heterocycles. The molecule has 1 aromatic rings. The van der Waals surface area contributed by atoms with Gasteiger partial charge in [0.1, 0.15) is 0 Å². The second-order valence-electron chi connectivity index (χ2n) is 4.29. The van der Waals surface area contributed by atoms with Gasteiger partial charge < -0.3 is 16.0 Å². The first-order valence-electron chi connectivity index (χ1n) is 6.21. The number of thioether (sulfide) groups is 1. The van der Waals surface area contributed by atoms with Crippen LogP contribution < -0.4 is 16.0 Å². The van der Waals surface area contributed by atoms with Crippen LogP contribution in [0.15, 0.2) is 4.34 Å². The summed E-state index contributed by atoms with van der Waals surface area (Å²) in [5.74, 6) is 0.507. The molecule has 0 spiro atoms. The summed E-state index contributed by atoms with van der Waals surface area (Å²) in [6, 6.07) is -0.256. The molecule has 19 heavy (non-hydrogen) atoms. The van der Waals surface area contributed by atoms with Crippen molar-refractivity contribution in [3.8, 4) is 0 Å². The number of aromatic nitrogens is 2. The third kappa shape index (κ3) is 5.75. The molecule has 1 amide bonds. The molecule has 8 heteroatoms. The van der Waals surface area contributed by atoms with Crippen molar-refractivity contribution in [2.24, 2.45) is 5.73 Å². The molecule has 0 fully saturated rings. The highest BCUT2D eigenvalue weighted by Crippen LogP contribution is 2.27. The molecule has 1 aromatic heterocycles. The van der Waals surface area contributed by atoms with Crippen LogP contribution in [-0.2, 0) is 4.79 Å². The fourth-order valence-electron chi connectivity index (χ4n) is 1.37. The van der Waals surface area contributed by atoms with Crippen LogP contribution in [0.1, 0.15) is 19.8 Å². The third-order valence-corrected chi connectivity index (χ3v) is 4.65. The molecule has 108 valence electrons. The van der Waals surface area contributed by atoms with E-state index < -0.39 is 0 Å². The zero-order valence-electron chi connectivity index (χ0n) is 11.5. The zero-order valence-corrected chi connectivity index (χ0v) is 13.2. The van der Waals surface area contributed by atoms with E-state index in [9.17, 15) is 4.79 Å². The van der Waals surface area contributed by atoms with Crippen LogP contribution in [0.25, 0.3) is 0 Å². The fourth-order valence-corrected chi connectivity index (χ4v) is 3.21. The number of hydrogen-bond donors (Lipinski definition) is 2. The SMILES string of the molecule is CCCNC(CCSc1nnc(N(C)C)s1)C(N)=O. The monoisotopic (exact) mass is 303 g/mol. The van der Waals surface area contributed by atoms with Crippen LogP contribution in [0.2, 0.25) is 0 Å². The maximum absolute atomic E-state index is 11.3. The second-order valence-corrected chi connectivity index (χ2v) is 6.59. The Kier molecular flexibility index (Phi) is 7.11. The van der Waals surface area contributed by atoms with Crippen molar-refractivity contribution in [1.29, 1.82) is 0 Å². The van der Waals surface area contributed by atoms with Crippen molar-refractivity contribution < 1.29 is 4.79 Å². The minimum absolute atomic E-state index is 0.256. The number of hydrogen-bond acceptors (Lipinski definition) is 7. The average Bonchev–Trinajstić information content (AvgIpc) is 2.82. The lowest BCUT2D eigenvalue weighted by Gasteiger charge is -2.13. The van der Waals surface area contributed by atoms with Crippen LogP contribution in [0, 0.1) is 0 Å². The van der Waals surface area contributed by atoms with Crippen molar-refractivity contribution in [1.82, 2.24) is 15.5 Å². The van der Waals surface area contributed by atoms with Crippen LogP contribution in [-0.4, -0.2) is 48.5 Å². The number of carbonyl (C=O) groups excluding carboxylic acids is 1. The molecule has 1 unspecified atom stereocenters. The van der Waals surface area contributed by atoms with Gasteiger partial charge >= 0.3 is 0 Å². The minimum atomic E-state index is -0.291. The highest BCUT2D eigenvalue weighted by molar-refractivity contribution is 8.01. The average molecular weight is 303 g/mol. The molecular weight excluding hydrogens is 282 g/mol. The topological polar surface area (TPSA) is 84.1 Å². The van der Waals surface area contributed by atoms with Gasteiger partial charge in [0.15, 0.2) is 4.34 Å². The Hall–Kier alpha value is -0.860. The van der Waals surface area contributed by atoms with Gasteiger partial charge in [-0.15, -0.1) is 10.2 Å². The van der Waals surface area contributed by atoms with Gasteiger partial charge in [-0.1, -0.05) is 30.0 Å². The van der Waals surface area contributed by atoms with Gasteiger partial charge in [-0.2, -0.15) is 0 Å². The molecule has 0 bridgehead atoms. The van der Waals surface area contributed by atoms with E-state index >= 15 is 0 Å². The molecule has 0 saturated heterocycles. The van der Waals surface area contributed by atoms with E-state index in [1.807, 2.05) is 19.0 Å². The Morgan fingerprint density at radius 1 is 1.53 bits per heavy atom. The Bertz CT molecular complexity index is 396. The summed E-state index contributed by atoms with van der Waals surface area (Å²) in [4.78, 5) is 13.2. The smallest absolute Gasteiger partial charge is 0.234 e. The maximum Gasteiger partial charge on any atom is 0.234 e. The molecule has 0 saturated carbocycles. The standard InChI is InChI=1S/C11H21N5OS2/c1-4-6-13-8(9(12)17)5-7-18-11-15-14-10(19-11)16(2)3/h8,13H,4-7H2,1-3H3,(H2,12,17). The van der Waals surface area contributed by atoms with Crippen LogP contribution in [0.4, 0.5) is 5.13 Å². The van der Waals surface area contributed by atoms with Crippen molar-refractivity contribution in [2.75, 3.05) is 31.3 Å². The Morgan fingerprint density at radius 2 is 2.26 bits per heavy atom. The summed E-state index contributed by atoms with van der Waals surface area (Å²) >= 11 is 3.16. The second kappa shape index (κ2) is 8.34. The number of anilines is 1. The summed E-state index contributed by atoms with van der Waals surface area (Å²) in [5, 5.41) is 12.2. The van der Waals surface area contributed by atoms with Crippen LogP contribution in [0.3, 0.4) is 0 Å². The summed E-state index contributed by atoms with van der Waals surface area (Å²) in [6.45, 7) is 2.87.